The van der Waals surface area contributed by atoms with Gasteiger partial charge in [-0.25, -0.2) is 0 Å². The Morgan fingerprint density at radius 2 is 1.96 bits per heavy atom. The van der Waals surface area contributed by atoms with Crippen LogP contribution in [0.4, 0.5) is 0 Å². The van der Waals surface area contributed by atoms with Gasteiger partial charge >= 0.3 is 0 Å². The molecule has 2 aromatic carbocycles. The fourth-order valence-corrected chi connectivity index (χ4v) is 2.64. The number of aryl methyl sites for hydroxylation is 1. The summed E-state index contributed by atoms with van der Waals surface area (Å²) in [5.41, 5.74) is 2.23. The van der Waals surface area contributed by atoms with Crippen molar-refractivity contribution in [1.29, 1.82) is 0 Å². The molecule has 1 atom stereocenters. The zero-order chi connectivity index (χ0) is 18.4. The third-order valence-corrected chi connectivity index (χ3v) is 4.10. The van der Waals surface area contributed by atoms with Crippen LogP contribution < -0.4 is 24.8 Å². The number of nitrogens with zero attached hydrogens (tertiary/aromatic N) is 1. The van der Waals surface area contributed by atoms with E-state index in [0.717, 1.165) is 34.3 Å². The number of fused-ring (bicyclic) bond motifs is 1. The molecule has 0 saturated heterocycles. The highest BCUT2D eigenvalue weighted by Gasteiger charge is 2.13. The van der Waals surface area contributed by atoms with E-state index in [1.54, 1.807) is 7.05 Å². The average molecular weight is 355 g/mol. The van der Waals surface area contributed by atoms with E-state index < -0.39 is 0 Å². The number of guanidine groups is 1. The first-order valence-electron chi connectivity index (χ1n) is 8.71. The van der Waals surface area contributed by atoms with E-state index in [-0.39, 0.29) is 12.9 Å². The average Bonchev–Trinajstić information content (AvgIpc) is 3.11. The summed E-state index contributed by atoms with van der Waals surface area (Å²) in [5, 5.41) is 6.58. The topological polar surface area (TPSA) is 64.1 Å². The Labute approximate surface area is 154 Å². The number of rotatable bonds is 6. The molecule has 2 aromatic rings. The lowest BCUT2D eigenvalue weighted by molar-refractivity contribution is 0.174. The van der Waals surface area contributed by atoms with Gasteiger partial charge in [-0.05, 0) is 43.2 Å². The molecule has 6 heteroatoms. The number of para-hydroxylation sites is 1. The van der Waals surface area contributed by atoms with Crippen molar-refractivity contribution >= 4 is 5.96 Å². The van der Waals surface area contributed by atoms with Crippen LogP contribution in [0.5, 0.6) is 17.2 Å². The van der Waals surface area contributed by atoms with Crippen molar-refractivity contribution in [2.24, 2.45) is 4.99 Å². The van der Waals surface area contributed by atoms with Crippen molar-refractivity contribution in [3.05, 3.63) is 53.6 Å². The van der Waals surface area contributed by atoms with Gasteiger partial charge in [0.25, 0.3) is 0 Å². The highest BCUT2D eigenvalue weighted by molar-refractivity contribution is 5.79. The first-order chi connectivity index (χ1) is 12.7. The lowest BCUT2D eigenvalue weighted by Gasteiger charge is -2.19. The summed E-state index contributed by atoms with van der Waals surface area (Å²) >= 11 is 0. The minimum atomic E-state index is 0.0141. The summed E-state index contributed by atoms with van der Waals surface area (Å²) in [4.78, 5) is 4.26. The molecule has 0 amide bonds. The third-order valence-electron chi connectivity index (χ3n) is 4.10. The van der Waals surface area contributed by atoms with Gasteiger partial charge in [-0.3, -0.25) is 4.99 Å². The summed E-state index contributed by atoms with van der Waals surface area (Å²) < 4.78 is 16.7. The zero-order valence-corrected chi connectivity index (χ0v) is 15.4. The highest BCUT2D eigenvalue weighted by atomic mass is 16.7. The van der Waals surface area contributed by atoms with Crippen molar-refractivity contribution < 1.29 is 14.2 Å². The number of nitrogens with one attached hydrogen (secondary N) is 2. The monoisotopic (exact) mass is 355 g/mol. The van der Waals surface area contributed by atoms with Crippen LogP contribution in [0.2, 0.25) is 0 Å². The van der Waals surface area contributed by atoms with Crippen molar-refractivity contribution in [2.45, 2.75) is 26.5 Å². The van der Waals surface area contributed by atoms with Crippen LogP contribution in [0.1, 0.15) is 18.1 Å². The number of hydrogen-bond acceptors (Lipinski definition) is 4. The first-order valence-corrected chi connectivity index (χ1v) is 8.71. The second-order valence-corrected chi connectivity index (χ2v) is 6.19. The number of aliphatic imine (C=N–C) groups is 1. The molecular weight excluding hydrogens is 330 g/mol. The smallest absolute Gasteiger partial charge is 0.231 e. The fourth-order valence-electron chi connectivity index (χ4n) is 2.64. The van der Waals surface area contributed by atoms with Crippen LogP contribution in [-0.4, -0.2) is 32.4 Å². The maximum absolute atomic E-state index is 5.98. The van der Waals surface area contributed by atoms with Gasteiger partial charge in [-0.15, -0.1) is 0 Å². The molecule has 3 rings (SSSR count). The maximum Gasteiger partial charge on any atom is 0.231 e. The van der Waals surface area contributed by atoms with Crippen LogP contribution in [0.15, 0.2) is 47.5 Å². The molecule has 0 saturated carbocycles. The molecule has 2 N–H and O–H groups in total. The van der Waals surface area contributed by atoms with Gasteiger partial charge in [0.2, 0.25) is 6.79 Å². The van der Waals surface area contributed by atoms with Crippen molar-refractivity contribution in [3.8, 4) is 17.2 Å². The number of benzene rings is 2. The Morgan fingerprint density at radius 3 is 2.77 bits per heavy atom. The second-order valence-electron chi connectivity index (χ2n) is 6.19. The van der Waals surface area contributed by atoms with Gasteiger partial charge < -0.3 is 24.8 Å². The molecule has 0 spiro atoms. The molecule has 26 heavy (non-hydrogen) atoms. The summed E-state index contributed by atoms with van der Waals surface area (Å²) in [6, 6.07) is 13.9. The van der Waals surface area contributed by atoms with E-state index in [9.17, 15) is 0 Å². The molecular formula is C20H25N3O3. The van der Waals surface area contributed by atoms with E-state index in [1.807, 2.05) is 56.3 Å². The van der Waals surface area contributed by atoms with Gasteiger partial charge in [-0.1, -0.05) is 24.3 Å². The minimum Gasteiger partial charge on any atom is -0.489 e. The van der Waals surface area contributed by atoms with E-state index in [4.69, 9.17) is 14.2 Å². The van der Waals surface area contributed by atoms with Gasteiger partial charge in [0, 0.05) is 13.6 Å². The van der Waals surface area contributed by atoms with Crippen LogP contribution in [-0.2, 0) is 6.54 Å². The third kappa shape index (κ3) is 4.59. The lowest BCUT2D eigenvalue weighted by atomic mass is 10.2. The number of ether oxygens (including phenoxy) is 3. The quantitative estimate of drug-likeness (QED) is 0.616. The Balaban J connectivity index is 1.46. The summed E-state index contributed by atoms with van der Waals surface area (Å²) in [6.45, 7) is 5.65. The van der Waals surface area contributed by atoms with E-state index in [2.05, 4.69) is 15.6 Å². The predicted molar refractivity (Wildman–Crippen MR) is 102 cm³/mol. The van der Waals surface area contributed by atoms with Gasteiger partial charge in [0.15, 0.2) is 17.5 Å². The molecule has 0 aliphatic carbocycles. The summed E-state index contributed by atoms with van der Waals surface area (Å²) in [5.74, 6) is 3.21. The highest BCUT2D eigenvalue weighted by Crippen LogP contribution is 2.32. The molecule has 1 heterocycles. The standard InChI is InChI=1S/C20H25N3O3/c1-14-6-4-5-7-17(14)26-15(2)11-22-20(21-3)23-12-16-8-9-18-19(10-16)25-13-24-18/h4-10,15H,11-13H2,1-3H3,(H2,21,22,23). The van der Waals surface area contributed by atoms with Crippen LogP contribution in [0, 0.1) is 6.92 Å². The van der Waals surface area contributed by atoms with Gasteiger partial charge in [0.1, 0.15) is 11.9 Å². The van der Waals surface area contributed by atoms with Crippen LogP contribution >= 0.6 is 0 Å². The largest absolute Gasteiger partial charge is 0.489 e. The lowest BCUT2D eigenvalue weighted by Crippen LogP contribution is -2.41. The predicted octanol–water partition coefficient (Wildman–Crippen LogP) is 2.86. The van der Waals surface area contributed by atoms with E-state index in [0.29, 0.717) is 13.1 Å². The molecule has 138 valence electrons. The van der Waals surface area contributed by atoms with Crippen molar-refractivity contribution in [3.63, 3.8) is 0 Å². The summed E-state index contributed by atoms with van der Waals surface area (Å²) in [6.07, 6.45) is 0.0141. The Kier molecular flexibility index (Phi) is 5.84. The zero-order valence-electron chi connectivity index (χ0n) is 15.4. The minimum absolute atomic E-state index is 0.0141. The van der Waals surface area contributed by atoms with Crippen molar-refractivity contribution in [2.75, 3.05) is 20.4 Å². The van der Waals surface area contributed by atoms with E-state index in [1.165, 1.54) is 0 Å². The normalized spacial score (nSPS) is 14.0. The number of hydrogen-bond donors (Lipinski definition) is 2. The first kappa shape index (κ1) is 17.9. The van der Waals surface area contributed by atoms with E-state index >= 15 is 0 Å². The molecule has 0 fully saturated rings. The Bertz CT molecular complexity index is 777. The van der Waals surface area contributed by atoms with Gasteiger partial charge in [-0.2, -0.15) is 0 Å². The van der Waals surface area contributed by atoms with Gasteiger partial charge in [0.05, 0.1) is 6.54 Å². The maximum atomic E-state index is 5.98. The second kappa shape index (κ2) is 8.47. The SMILES string of the molecule is CN=C(NCc1ccc2c(c1)OCO2)NCC(C)Oc1ccccc1C. The molecule has 0 aromatic heterocycles. The molecule has 0 radical (unpaired) electrons. The molecule has 6 nitrogen and oxygen atoms in total. The molecule has 1 aliphatic heterocycles. The molecule has 1 aliphatic rings. The van der Waals surface area contributed by atoms with Crippen LogP contribution in [0.25, 0.3) is 0 Å². The van der Waals surface area contributed by atoms with Crippen molar-refractivity contribution in [1.82, 2.24) is 10.6 Å². The Hall–Kier alpha value is -2.89. The molecule has 0 bridgehead atoms. The fraction of sp³-hybridized carbons (Fsp3) is 0.350. The summed E-state index contributed by atoms with van der Waals surface area (Å²) in [7, 11) is 1.75. The molecule has 1 unspecified atom stereocenters. The Morgan fingerprint density at radius 1 is 1.15 bits per heavy atom. The van der Waals surface area contributed by atoms with Crippen LogP contribution in [0.3, 0.4) is 0 Å².